The molecule has 246 valence electrons. The molecule has 3 heteroatoms. The van der Waals surface area contributed by atoms with Crippen molar-refractivity contribution < 1.29 is 0 Å². The molecule has 0 amide bonds. The zero-order valence-corrected chi connectivity index (χ0v) is 29.3. The molecular formula is C48H39N3. The normalized spacial score (nSPS) is 13.8. The van der Waals surface area contributed by atoms with Crippen molar-refractivity contribution in [3.8, 4) is 0 Å². The largest absolute Gasteiger partial charge is 0.309 e. The van der Waals surface area contributed by atoms with E-state index in [1.54, 1.807) is 0 Å². The lowest BCUT2D eigenvalue weighted by atomic mass is 9.88. The quantitative estimate of drug-likeness (QED) is 0.187. The first kappa shape index (κ1) is 29.8. The molecule has 0 spiro atoms. The van der Waals surface area contributed by atoms with Crippen LogP contribution in [-0.2, 0) is 19.3 Å². The highest BCUT2D eigenvalue weighted by Crippen LogP contribution is 2.57. The van der Waals surface area contributed by atoms with E-state index in [-0.39, 0.29) is 0 Å². The molecule has 0 saturated heterocycles. The van der Waals surface area contributed by atoms with Crippen LogP contribution >= 0.6 is 0 Å². The summed E-state index contributed by atoms with van der Waals surface area (Å²) in [5, 5.41) is 0. The fraction of sp³-hybridized carbons (Fsp3) is 0.125. The predicted octanol–water partition coefficient (Wildman–Crippen LogP) is 12.7. The molecular weight excluding hydrogens is 619 g/mol. The number of para-hydroxylation sites is 6. The maximum atomic E-state index is 2.56. The van der Waals surface area contributed by atoms with Crippen LogP contribution in [0.15, 0.2) is 146 Å². The minimum absolute atomic E-state index is 0.923. The molecule has 0 N–H and O–H groups in total. The van der Waals surface area contributed by atoms with Gasteiger partial charge in [-0.1, -0.05) is 109 Å². The summed E-state index contributed by atoms with van der Waals surface area (Å²) in [5.74, 6) is 0. The van der Waals surface area contributed by atoms with Crippen LogP contribution in [0.2, 0.25) is 0 Å². The van der Waals surface area contributed by atoms with E-state index < -0.39 is 0 Å². The number of anilines is 9. The molecule has 0 atom stereocenters. The van der Waals surface area contributed by atoms with Crippen LogP contribution in [0.25, 0.3) is 0 Å². The summed E-state index contributed by atoms with van der Waals surface area (Å²) in [7, 11) is 0. The summed E-state index contributed by atoms with van der Waals surface area (Å²) in [6, 6.07) is 53.8. The van der Waals surface area contributed by atoms with Gasteiger partial charge in [-0.05, 0) is 107 Å². The van der Waals surface area contributed by atoms with E-state index in [4.69, 9.17) is 0 Å². The molecule has 0 unspecified atom stereocenters. The molecule has 3 nitrogen and oxygen atoms in total. The van der Waals surface area contributed by atoms with Gasteiger partial charge in [0.15, 0.2) is 0 Å². The van der Waals surface area contributed by atoms with E-state index in [0.29, 0.717) is 0 Å². The van der Waals surface area contributed by atoms with Gasteiger partial charge in [-0.15, -0.1) is 0 Å². The lowest BCUT2D eigenvalue weighted by Gasteiger charge is -2.42. The molecule has 0 saturated carbocycles. The van der Waals surface area contributed by atoms with Crippen LogP contribution in [0.4, 0.5) is 51.2 Å². The first-order valence-electron chi connectivity index (χ1n) is 18.1. The Kier molecular flexibility index (Phi) is 6.72. The molecule has 3 aliphatic heterocycles. The van der Waals surface area contributed by atoms with Crippen molar-refractivity contribution in [3.05, 3.63) is 196 Å². The first-order valence-corrected chi connectivity index (χ1v) is 18.1. The Labute approximate surface area is 300 Å². The third kappa shape index (κ3) is 4.44. The van der Waals surface area contributed by atoms with Crippen LogP contribution in [0.5, 0.6) is 0 Å². The van der Waals surface area contributed by atoms with Crippen molar-refractivity contribution in [2.45, 2.75) is 40.0 Å². The second-order valence-electron chi connectivity index (χ2n) is 14.2. The first-order chi connectivity index (χ1) is 25.1. The van der Waals surface area contributed by atoms with Crippen LogP contribution in [0, 0.1) is 20.8 Å². The monoisotopic (exact) mass is 657 g/mol. The second kappa shape index (κ2) is 11.5. The molecule has 0 aromatic heterocycles. The van der Waals surface area contributed by atoms with Crippen LogP contribution in [-0.4, -0.2) is 0 Å². The molecule has 3 aliphatic rings. The number of hydrogen-bond donors (Lipinski definition) is 0. The Hall–Kier alpha value is -6.06. The molecule has 10 rings (SSSR count). The van der Waals surface area contributed by atoms with Crippen molar-refractivity contribution in [3.63, 3.8) is 0 Å². The zero-order valence-electron chi connectivity index (χ0n) is 29.3. The molecule has 3 heterocycles. The Morgan fingerprint density at radius 3 is 0.647 bits per heavy atom. The molecule has 0 radical (unpaired) electrons. The van der Waals surface area contributed by atoms with Gasteiger partial charge in [-0.25, -0.2) is 0 Å². The van der Waals surface area contributed by atoms with Crippen molar-refractivity contribution in [2.75, 3.05) is 14.7 Å². The van der Waals surface area contributed by atoms with Crippen LogP contribution < -0.4 is 14.7 Å². The van der Waals surface area contributed by atoms with Crippen molar-refractivity contribution in [2.24, 2.45) is 0 Å². The Morgan fingerprint density at radius 2 is 0.451 bits per heavy atom. The van der Waals surface area contributed by atoms with Crippen molar-refractivity contribution >= 4 is 51.2 Å². The fourth-order valence-corrected chi connectivity index (χ4v) is 9.18. The minimum Gasteiger partial charge on any atom is -0.309 e. The van der Waals surface area contributed by atoms with Gasteiger partial charge in [0.25, 0.3) is 0 Å². The number of fused-ring (bicyclic) bond motifs is 6. The summed E-state index contributed by atoms with van der Waals surface area (Å²) < 4.78 is 0. The van der Waals surface area contributed by atoms with Gasteiger partial charge < -0.3 is 14.7 Å². The highest BCUT2D eigenvalue weighted by Gasteiger charge is 2.36. The number of rotatable bonds is 3. The van der Waals surface area contributed by atoms with Crippen molar-refractivity contribution in [1.29, 1.82) is 0 Å². The van der Waals surface area contributed by atoms with E-state index in [1.165, 1.54) is 101 Å². The van der Waals surface area contributed by atoms with Crippen molar-refractivity contribution in [1.82, 2.24) is 0 Å². The summed E-state index contributed by atoms with van der Waals surface area (Å²) in [5.41, 5.74) is 23.1. The molecule has 0 aliphatic carbocycles. The molecule has 7 aromatic carbocycles. The third-order valence-electron chi connectivity index (χ3n) is 11.3. The van der Waals surface area contributed by atoms with Gasteiger partial charge in [0.1, 0.15) is 0 Å². The van der Waals surface area contributed by atoms with Gasteiger partial charge in [0, 0.05) is 53.4 Å². The molecule has 0 fully saturated rings. The maximum absolute atomic E-state index is 2.56. The van der Waals surface area contributed by atoms with E-state index in [2.05, 4.69) is 181 Å². The summed E-state index contributed by atoms with van der Waals surface area (Å²) in [4.78, 5) is 7.69. The Morgan fingerprint density at radius 1 is 0.275 bits per heavy atom. The second-order valence-corrected chi connectivity index (χ2v) is 14.2. The Bertz CT molecular complexity index is 2090. The molecule has 0 bridgehead atoms. The lowest BCUT2D eigenvalue weighted by Crippen LogP contribution is -2.26. The Balaban J connectivity index is 1.35. The minimum atomic E-state index is 0.923. The average molecular weight is 658 g/mol. The molecule has 7 aromatic rings. The van der Waals surface area contributed by atoms with E-state index in [9.17, 15) is 0 Å². The SMILES string of the molecule is Cc1c(N2c3ccccc3Cc3ccccc32)c(C)c(N2c3ccccc3Cc3ccccc32)c(C)c1N1c2ccccc2Cc2ccccc21. The van der Waals surface area contributed by atoms with E-state index in [1.807, 2.05) is 0 Å². The fourth-order valence-electron chi connectivity index (χ4n) is 9.18. The molecule has 51 heavy (non-hydrogen) atoms. The summed E-state index contributed by atoms with van der Waals surface area (Å²) in [6.07, 6.45) is 2.77. The standard InChI is InChI=1S/C48H39N3/c1-31-46(49-40-22-10-4-16-34(40)28-35-17-5-11-23-41(35)49)32(2)48(51-44-26-14-8-20-38(44)30-39-21-9-15-27-45(39)51)33(3)47(31)50-42-24-12-6-18-36(42)29-37-19-7-13-25-43(37)50/h4-27H,28-30H2,1-3H3. The van der Waals surface area contributed by atoms with Crippen LogP contribution in [0.1, 0.15) is 50.1 Å². The number of hydrogen-bond acceptors (Lipinski definition) is 3. The zero-order chi connectivity index (χ0) is 34.2. The predicted molar refractivity (Wildman–Crippen MR) is 213 cm³/mol. The lowest BCUT2D eigenvalue weighted by molar-refractivity contribution is 1.04. The van der Waals surface area contributed by atoms with Gasteiger partial charge in [0.2, 0.25) is 0 Å². The van der Waals surface area contributed by atoms with Gasteiger partial charge in [0.05, 0.1) is 17.1 Å². The van der Waals surface area contributed by atoms with Gasteiger partial charge in [-0.2, -0.15) is 0 Å². The topological polar surface area (TPSA) is 9.72 Å². The summed E-state index contributed by atoms with van der Waals surface area (Å²) >= 11 is 0. The number of nitrogens with zero attached hydrogens (tertiary/aromatic N) is 3. The highest BCUT2D eigenvalue weighted by atomic mass is 15.2. The average Bonchev–Trinajstić information content (AvgIpc) is 3.17. The van der Waals surface area contributed by atoms with Crippen LogP contribution in [0.3, 0.4) is 0 Å². The highest BCUT2D eigenvalue weighted by molar-refractivity contribution is 6.00. The third-order valence-corrected chi connectivity index (χ3v) is 11.3. The maximum Gasteiger partial charge on any atom is 0.0562 e. The van der Waals surface area contributed by atoms with Gasteiger partial charge in [-0.3, -0.25) is 0 Å². The van der Waals surface area contributed by atoms with E-state index >= 15 is 0 Å². The number of benzene rings is 7. The van der Waals surface area contributed by atoms with Gasteiger partial charge >= 0.3 is 0 Å². The summed E-state index contributed by atoms with van der Waals surface area (Å²) in [6.45, 7) is 7.06. The smallest absolute Gasteiger partial charge is 0.0562 e. The van der Waals surface area contributed by atoms with E-state index in [0.717, 1.165) is 19.3 Å².